The van der Waals surface area contributed by atoms with Crippen molar-refractivity contribution >= 4 is 33.4 Å². The third kappa shape index (κ3) is 3.48. The molecule has 2 aromatic heterocycles. The minimum atomic E-state index is -0.138. The maximum atomic E-state index is 12.0. The van der Waals surface area contributed by atoms with Gasteiger partial charge in [-0.2, -0.15) is 0 Å². The Bertz CT molecular complexity index is 1060. The van der Waals surface area contributed by atoms with Crippen LogP contribution < -0.4 is 10.6 Å². The number of halogens is 1. The molecular formula is C19H16BrN5O2. The van der Waals surface area contributed by atoms with E-state index in [0.29, 0.717) is 29.3 Å². The smallest absolute Gasteiger partial charge is 0.253 e. The Labute approximate surface area is 163 Å². The van der Waals surface area contributed by atoms with Crippen molar-refractivity contribution in [2.45, 2.75) is 13.3 Å². The predicted octanol–water partition coefficient (Wildman–Crippen LogP) is 3.15. The molecule has 3 aromatic rings. The first-order valence-corrected chi connectivity index (χ1v) is 9.21. The summed E-state index contributed by atoms with van der Waals surface area (Å²) in [6, 6.07) is 9.14. The van der Waals surface area contributed by atoms with Crippen LogP contribution in [0.4, 0.5) is 5.69 Å². The van der Waals surface area contributed by atoms with Crippen LogP contribution in [0.1, 0.15) is 23.0 Å². The minimum absolute atomic E-state index is 0.0643. The highest BCUT2D eigenvalue weighted by molar-refractivity contribution is 9.10. The zero-order valence-electron chi connectivity index (χ0n) is 14.5. The zero-order valence-corrected chi connectivity index (χ0v) is 16.1. The number of benzene rings is 1. The van der Waals surface area contributed by atoms with E-state index in [4.69, 9.17) is 0 Å². The summed E-state index contributed by atoms with van der Waals surface area (Å²) in [6.07, 6.45) is 2.46. The van der Waals surface area contributed by atoms with Gasteiger partial charge in [-0.25, -0.2) is 9.97 Å². The molecule has 3 N–H and O–H groups in total. The Balaban J connectivity index is 1.68. The van der Waals surface area contributed by atoms with Gasteiger partial charge in [-0.3, -0.25) is 9.59 Å². The van der Waals surface area contributed by atoms with Crippen LogP contribution in [-0.2, 0) is 11.2 Å². The number of nitrogens with zero attached hydrogens (tertiary/aromatic N) is 2. The van der Waals surface area contributed by atoms with Gasteiger partial charge < -0.3 is 15.6 Å². The summed E-state index contributed by atoms with van der Waals surface area (Å²) >= 11 is 3.46. The van der Waals surface area contributed by atoms with E-state index in [1.165, 1.54) is 6.92 Å². The second-order valence-electron chi connectivity index (χ2n) is 6.22. The van der Waals surface area contributed by atoms with Crippen LogP contribution >= 0.6 is 15.9 Å². The van der Waals surface area contributed by atoms with Crippen molar-refractivity contribution in [1.82, 2.24) is 20.3 Å². The van der Waals surface area contributed by atoms with Gasteiger partial charge >= 0.3 is 0 Å². The average molecular weight is 426 g/mol. The lowest BCUT2D eigenvalue weighted by molar-refractivity contribution is -0.114. The average Bonchev–Trinajstić information content (AvgIpc) is 3.09. The van der Waals surface area contributed by atoms with E-state index < -0.39 is 0 Å². The first-order valence-electron chi connectivity index (χ1n) is 8.42. The van der Waals surface area contributed by atoms with Crippen LogP contribution in [0.5, 0.6) is 0 Å². The molecule has 0 unspecified atom stereocenters. The van der Waals surface area contributed by atoms with Crippen molar-refractivity contribution in [3.63, 3.8) is 0 Å². The van der Waals surface area contributed by atoms with Crippen molar-refractivity contribution in [3.05, 3.63) is 52.3 Å². The van der Waals surface area contributed by atoms with Gasteiger partial charge in [0.1, 0.15) is 0 Å². The summed E-state index contributed by atoms with van der Waals surface area (Å²) in [7, 11) is 0. The quantitative estimate of drug-likeness (QED) is 0.599. The number of H-pyrrole nitrogens is 1. The van der Waals surface area contributed by atoms with E-state index in [1.807, 2.05) is 18.2 Å². The fourth-order valence-corrected chi connectivity index (χ4v) is 3.50. The van der Waals surface area contributed by atoms with E-state index >= 15 is 0 Å². The molecule has 0 saturated carbocycles. The minimum Gasteiger partial charge on any atom is -0.356 e. The molecule has 0 bridgehead atoms. The number of carbonyl (C=O) groups is 2. The van der Waals surface area contributed by atoms with E-state index in [2.05, 4.69) is 41.5 Å². The first kappa shape index (κ1) is 17.4. The number of amides is 2. The van der Waals surface area contributed by atoms with Gasteiger partial charge in [0.15, 0.2) is 5.82 Å². The molecule has 3 heterocycles. The number of aromatic nitrogens is 3. The maximum Gasteiger partial charge on any atom is 0.253 e. The normalized spacial score (nSPS) is 13.0. The van der Waals surface area contributed by atoms with E-state index in [1.54, 1.807) is 18.3 Å². The fourth-order valence-electron chi connectivity index (χ4n) is 3.02. The summed E-state index contributed by atoms with van der Waals surface area (Å²) in [5.74, 6) is 0.353. The predicted molar refractivity (Wildman–Crippen MR) is 105 cm³/mol. The summed E-state index contributed by atoms with van der Waals surface area (Å²) in [6.45, 7) is 2.10. The molecule has 1 aliphatic heterocycles. The Kier molecular flexibility index (Phi) is 4.49. The lowest BCUT2D eigenvalue weighted by Crippen LogP contribution is -2.31. The van der Waals surface area contributed by atoms with E-state index in [-0.39, 0.29) is 11.8 Å². The molecule has 1 aromatic carbocycles. The third-order valence-corrected chi connectivity index (χ3v) is 4.93. The number of carbonyl (C=O) groups excluding carboxylic acids is 2. The lowest BCUT2D eigenvalue weighted by atomic mass is 10.1. The standard InChI is InChI=1S/C19H16BrN5O2/c1-10(26)23-15-3-2-11(8-13(15)20)18-21-6-5-16(25-18)17-9-12-14(24-17)4-7-22-19(12)27/h2-3,5-6,8-9,24H,4,7H2,1H3,(H,22,27)(H,23,26). The number of nitrogens with one attached hydrogen (secondary N) is 3. The molecule has 4 rings (SSSR count). The zero-order chi connectivity index (χ0) is 19.0. The van der Waals surface area contributed by atoms with E-state index in [9.17, 15) is 9.59 Å². The number of hydrogen-bond acceptors (Lipinski definition) is 4. The van der Waals surface area contributed by atoms with Crippen LogP contribution in [0.25, 0.3) is 22.8 Å². The summed E-state index contributed by atoms with van der Waals surface area (Å²) in [5, 5.41) is 5.59. The highest BCUT2D eigenvalue weighted by Crippen LogP contribution is 2.29. The third-order valence-electron chi connectivity index (χ3n) is 4.27. The van der Waals surface area contributed by atoms with Gasteiger partial charge in [-0.1, -0.05) is 0 Å². The number of rotatable bonds is 3. The molecular weight excluding hydrogens is 410 g/mol. The first-order chi connectivity index (χ1) is 13.0. The van der Waals surface area contributed by atoms with Crippen LogP contribution in [0, 0.1) is 0 Å². The van der Waals surface area contributed by atoms with Crippen molar-refractivity contribution < 1.29 is 9.59 Å². The summed E-state index contributed by atoms with van der Waals surface area (Å²) in [5.41, 5.74) is 4.59. The summed E-state index contributed by atoms with van der Waals surface area (Å²) < 4.78 is 0.746. The molecule has 0 spiro atoms. The Morgan fingerprint density at radius 3 is 2.85 bits per heavy atom. The number of aromatic amines is 1. The number of hydrogen-bond donors (Lipinski definition) is 3. The van der Waals surface area contributed by atoms with Gasteiger partial charge in [0.25, 0.3) is 5.91 Å². The molecule has 2 amide bonds. The van der Waals surface area contributed by atoms with Crippen molar-refractivity contribution in [3.8, 4) is 22.8 Å². The molecule has 7 nitrogen and oxygen atoms in total. The molecule has 1 aliphatic rings. The molecule has 27 heavy (non-hydrogen) atoms. The molecule has 0 fully saturated rings. The van der Waals surface area contributed by atoms with Gasteiger partial charge in [0.2, 0.25) is 5.91 Å². The molecule has 0 radical (unpaired) electrons. The lowest BCUT2D eigenvalue weighted by Gasteiger charge is -2.10. The van der Waals surface area contributed by atoms with Gasteiger partial charge in [-0.15, -0.1) is 0 Å². The Morgan fingerprint density at radius 1 is 1.26 bits per heavy atom. The summed E-state index contributed by atoms with van der Waals surface area (Å²) in [4.78, 5) is 35.5. The van der Waals surface area contributed by atoms with Crippen LogP contribution in [0.3, 0.4) is 0 Å². The van der Waals surface area contributed by atoms with Gasteiger partial charge in [-0.05, 0) is 46.3 Å². The van der Waals surface area contributed by atoms with Gasteiger partial charge in [0.05, 0.1) is 22.6 Å². The van der Waals surface area contributed by atoms with Crippen molar-refractivity contribution in [2.24, 2.45) is 0 Å². The molecule has 0 saturated heterocycles. The highest BCUT2D eigenvalue weighted by Gasteiger charge is 2.20. The van der Waals surface area contributed by atoms with Crippen LogP contribution in [-0.4, -0.2) is 33.3 Å². The highest BCUT2D eigenvalue weighted by atomic mass is 79.9. The number of anilines is 1. The van der Waals surface area contributed by atoms with Crippen molar-refractivity contribution in [2.75, 3.05) is 11.9 Å². The van der Waals surface area contributed by atoms with Gasteiger partial charge in [0, 0.05) is 41.8 Å². The maximum absolute atomic E-state index is 12.0. The molecule has 0 aliphatic carbocycles. The fraction of sp³-hybridized carbons (Fsp3) is 0.158. The molecule has 8 heteroatoms. The topological polar surface area (TPSA) is 99.8 Å². The van der Waals surface area contributed by atoms with Crippen LogP contribution in [0.2, 0.25) is 0 Å². The molecule has 0 atom stereocenters. The van der Waals surface area contributed by atoms with E-state index in [0.717, 1.165) is 27.8 Å². The Hall–Kier alpha value is -3.00. The van der Waals surface area contributed by atoms with Crippen molar-refractivity contribution in [1.29, 1.82) is 0 Å². The van der Waals surface area contributed by atoms with Crippen LogP contribution in [0.15, 0.2) is 41.0 Å². The number of fused-ring (bicyclic) bond motifs is 1. The molecule has 136 valence electrons. The second kappa shape index (κ2) is 6.96. The monoisotopic (exact) mass is 425 g/mol. The Morgan fingerprint density at radius 2 is 2.11 bits per heavy atom. The second-order valence-corrected chi connectivity index (χ2v) is 7.08. The SMILES string of the molecule is CC(=O)Nc1ccc(-c2nccc(-c3cc4c([nH]3)CCNC4=O)n2)cc1Br. The largest absolute Gasteiger partial charge is 0.356 e.